The van der Waals surface area contributed by atoms with Crippen LogP contribution in [0.15, 0.2) is 17.0 Å². The summed E-state index contributed by atoms with van der Waals surface area (Å²) in [5.41, 5.74) is 6.58. The summed E-state index contributed by atoms with van der Waals surface area (Å²) >= 11 is 0. The summed E-state index contributed by atoms with van der Waals surface area (Å²) in [6.45, 7) is 2.95. The molecule has 80 valence electrons. The van der Waals surface area contributed by atoms with E-state index >= 15 is 0 Å². The van der Waals surface area contributed by atoms with Crippen LogP contribution in [0.25, 0.3) is 0 Å². The van der Waals surface area contributed by atoms with E-state index in [-0.39, 0.29) is 0 Å². The van der Waals surface area contributed by atoms with Gasteiger partial charge in [-0.15, -0.1) is 0 Å². The molecule has 0 spiro atoms. The van der Waals surface area contributed by atoms with Gasteiger partial charge in [0.05, 0.1) is 12.9 Å². The average molecular weight is 207 g/mol. The fourth-order valence-corrected chi connectivity index (χ4v) is 1.40. The van der Waals surface area contributed by atoms with Crippen LogP contribution in [0.4, 0.5) is 0 Å². The molecule has 0 aliphatic carbocycles. The monoisotopic (exact) mass is 207 g/mol. The molecule has 0 bridgehead atoms. The molecular formula is C9H13N5O. The first-order valence-corrected chi connectivity index (χ1v) is 4.78. The highest BCUT2D eigenvalue weighted by Gasteiger charge is 2.06. The van der Waals surface area contributed by atoms with Crippen molar-refractivity contribution in [3.63, 3.8) is 0 Å². The number of nitrogens with zero attached hydrogens (tertiary/aromatic N) is 4. The SMILES string of the molecule is Cc1nc(Cn2cncc2CCN)no1. The van der Waals surface area contributed by atoms with Crippen molar-refractivity contribution in [2.24, 2.45) is 5.73 Å². The van der Waals surface area contributed by atoms with Crippen molar-refractivity contribution in [2.75, 3.05) is 6.54 Å². The van der Waals surface area contributed by atoms with E-state index in [1.165, 1.54) is 0 Å². The minimum absolute atomic E-state index is 0.575. The van der Waals surface area contributed by atoms with Gasteiger partial charge in [-0.05, 0) is 6.54 Å². The summed E-state index contributed by atoms with van der Waals surface area (Å²) < 4.78 is 6.86. The number of nitrogens with two attached hydrogens (primary N) is 1. The van der Waals surface area contributed by atoms with Crippen LogP contribution in [-0.4, -0.2) is 26.2 Å². The summed E-state index contributed by atoms with van der Waals surface area (Å²) in [4.78, 5) is 8.19. The number of rotatable bonds is 4. The lowest BCUT2D eigenvalue weighted by Gasteiger charge is -2.03. The second-order valence-corrected chi connectivity index (χ2v) is 3.28. The minimum atomic E-state index is 0.575. The third-order valence-electron chi connectivity index (χ3n) is 2.08. The van der Waals surface area contributed by atoms with E-state index in [4.69, 9.17) is 10.3 Å². The van der Waals surface area contributed by atoms with Gasteiger partial charge in [0, 0.05) is 25.2 Å². The van der Waals surface area contributed by atoms with Crippen molar-refractivity contribution in [3.8, 4) is 0 Å². The molecule has 0 aromatic carbocycles. The first kappa shape index (κ1) is 9.85. The minimum Gasteiger partial charge on any atom is -0.340 e. The van der Waals surface area contributed by atoms with E-state index in [0.717, 1.165) is 12.1 Å². The largest absolute Gasteiger partial charge is 0.340 e. The first-order chi connectivity index (χ1) is 7.29. The van der Waals surface area contributed by atoms with E-state index < -0.39 is 0 Å². The second kappa shape index (κ2) is 4.22. The summed E-state index contributed by atoms with van der Waals surface area (Å²) in [6, 6.07) is 0. The fraction of sp³-hybridized carbons (Fsp3) is 0.444. The zero-order valence-electron chi connectivity index (χ0n) is 8.55. The molecular weight excluding hydrogens is 194 g/mol. The number of hydrogen-bond acceptors (Lipinski definition) is 5. The van der Waals surface area contributed by atoms with Crippen LogP contribution in [0.1, 0.15) is 17.4 Å². The Morgan fingerprint density at radius 1 is 1.53 bits per heavy atom. The number of hydrogen-bond donors (Lipinski definition) is 1. The number of aryl methyl sites for hydroxylation is 1. The Morgan fingerprint density at radius 3 is 3.07 bits per heavy atom. The molecule has 0 saturated heterocycles. The van der Waals surface area contributed by atoms with Crippen LogP contribution >= 0.6 is 0 Å². The Kier molecular flexibility index (Phi) is 2.77. The number of imidazole rings is 1. The zero-order chi connectivity index (χ0) is 10.7. The van der Waals surface area contributed by atoms with Crippen molar-refractivity contribution in [3.05, 3.63) is 29.9 Å². The molecule has 2 N–H and O–H groups in total. The highest BCUT2D eigenvalue weighted by atomic mass is 16.5. The van der Waals surface area contributed by atoms with Gasteiger partial charge in [-0.1, -0.05) is 5.16 Å². The molecule has 0 aliphatic rings. The van der Waals surface area contributed by atoms with Crippen LogP contribution < -0.4 is 5.73 Å². The van der Waals surface area contributed by atoms with Crippen molar-refractivity contribution in [1.29, 1.82) is 0 Å². The lowest BCUT2D eigenvalue weighted by molar-refractivity contribution is 0.386. The highest BCUT2D eigenvalue weighted by Crippen LogP contribution is 2.04. The molecule has 0 atom stereocenters. The normalized spacial score (nSPS) is 10.8. The second-order valence-electron chi connectivity index (χ2n) is 3.28. The molecule has 15 heavy (non-hydrogen) atoms. The molecule has 2 heterocycles. The van der Waals surface area contributed by atoms with Gasteiger partial charge in [-0.3, -0.25) is 0 Å². The predicted octanol–water partition coefficient (Wildman–Crippen LogP) is 0.124. The maximum Gasteiger partial charge on any atom is 0.223 e. The Hall–Kier alpha value is -1.69. The topological polar surface area (TPSA) is 82.8 Å². The van der Waals surface area contributed by atoms with Crippen molar-refractivity contribution in [1.82, 2.24) is 19.7 Å². The van der Waals surface area contributed by atoms with Gasteiger partial charge in [-0.2, -0.15) is 4.98 Å². The Balaban J connectivity index is 2.13. The highest BCUT2D eigenvalue weighted by molar-refractivity contribution is 5.01. The summed E-state index contributed by atoms with van der Waals surface area (Å²) in [7, 11) is 0. The van der Waals surface area contributed by atoms with Crippen molar-refractivity contribution >= 4 is 0 Å². The molecule has 2 aromatic heterocycles. The van der Waals surface area contributed by atoms with Gasteiger partial charge in [0.2, 0.25) is 5.89 Å². The van der Waals surface area contributed by atoms with Gasteiger partial charge in [0.25, 0.3) is 0 Å². The van der Waals surface area contributed by atoms with Crippen LogP contribution in [0.3, 0.4) is 0 Å². The standard InChI is InChI=1S/C9H13N5O/c1-7-12-9(13-15-7)5-14-6-11-4-8(14)2-3-10/h4,6H,2-3,5,10H2,1H3. The Morgan fingerprint density at radius 2 is 2.40 bits per heavy atom. The van der Waals surface area contributed by atoms with E-state index in [9.17, 15) is 0 Å². The molecule has 2 aromatic rings. The van der Waals surface area contributed by atoms with Gasteiger partial charge < -0.3 is 14.8 Å². The number of aromatic nitrogens is 4. The molecule has 0 unspecified atom stereocenters. The maximum absolute atomic E-state index is 5.50. The van der Waals surface area contributed by atoms with Crippen LogP contribution in [0, 0.1) is 6.92 Å². The van der Waals surface area contributed by atoms with Crippen LogP contribution in [0.5, 0.6) is 0 Å². The Bertz CT molecular complexity index is 433. The third-order valence-corrected chi connectivity index (χ3v) is 2.08. The van der Waals surface area contributed by atoms with Crippen molar-refractivity contribution < 1.29 is 4.52 Å². The lowest BCUT2D eigenvalue weighted by Crippen LogP contribution is -2.09. The third kappa shape index (κ3) is 2.21. The summed E-state index contributed by atoms with van der Waals surface area (Å²) in [5.74, 6) is 1.23. The fourth-order valence-electron chi connectivity index (χ4n) is 1.40. The van der Waals surface area contributed by atoms with Gasteiger partial charge in [-0.25, -0.2) is 4.98 Å². The van der Waals surface area contributed by atoms with Crippen LogP contribution in [0.2, 0.25) is 0 Å². The molecule has 2 rings (SSSR count). The van der Waals surface area contributed by atoms with Crippen molar-refractivity contribution in [2.45, 2.75) is 19.9 Å². The molecule has 6 nitrogen and oxygen atoms in total. The average Bonchev–Trinajstić information content (AvgIpc) is 2.78. The predicted molar refractivity (Wildman–Crippen MR) is 53.1 cm³/mol. The van der Waals surface area contributed by atoms with E-state index in [1.807, 2.05) is 4.57 Å². The smallest absolute Gasteiger partial charge is 0.223 e. The molecule has 0 fully saturated rings. The summed E-state index contributed by atoms with van der Waals surface area (Å²) in [6.07, 6.45) is 4.35. The van der Waals surface area contributed by atoms with Gasteiger partial charge in [0.1, 0.15) is 0 Å². The Labute approximate surface area is 87.1 Å². The van der Waals surface area contributed by atoms with Crippen LogP contribution in [-0.2, 0) is 13.0 Å². The lowest BCUT2D eigenvalue weighted by atomic mass is 10.3. The van der Waals surface area contributed by atoms with E-state index in [0.29, 0.717) is 24.8 Å². The van der Waals surface area contributed by atoms with E-state index in [1.54, 1.807) is 19.4 Å². The molecule has 0 aliphatic heterocycles. The van der Waals surface area contributed by atoms with E-state index in [2.05, 4.69) is 15.1 Å². The quantitative estimate of drug-likeness (QED) is 0.770. The molecule has 0 saturated carbocycles. The van der Waals surface area contributed by atoms with Gasteiger partial charge >= 0.3 is 0 Å². The maximum atomic E-state index is 5.50. The summed E-state index contributed by atoms with van der Waals surface area (Å²) in [5, 5.41) is 3.83. The zero-order valence-corrected chi connectivity index (χ0v) is 8.55. The first-order valence-electron chi connectivity index (χ1n) is 4.78. The molecule has 6 heteroatoms. The molecule has 0 amide bonds. The molecule has 0 radical (unpaired) electrons. The van der Waals surface area contributed by atoms with Gasteiger partial charge in [0.15, 0.2) is 5.82 Å².